The van der Waals surface area contributed by atoms with E-state index in [9.17, 15) is 9.59 Å². The molecule has 0 saturated heterocycles. The standard InChI is InChI=1S/C22H26O5/c1-13-7-8-20(21(9-13)25-6)26-12-22(24)27-11-19(23)18-10-14(2)15(3)16(4)17(18)5/h7-10H,11-12H2,1-6H3. The van der Waals surface area contributed by atoms with E-state index in [0.717, 1.165) is 22.3 Å². The van der Waals surface area contributed by atoms with Crippen molar-refractivity contribution in [3.8, 4) is 11.5 Å². The average molecular weight is 370 g/mol. The monoisotopic (exact) mass is 370 g/mol. The summed E-state index contributed by atoms with van der Waals surface area (Å²) in [6, 6.07) is 7.25. The van der Waals surface area contributed by atoms with Gasteiger partial charge in [-0.15, -0.1) is 0 Å². The summed E-state index contributed by atoms with van der Waals surface area (Å²) in [5.41, 5.74) is 5.82. The van der Waals surface area contributed by atoms with Gasteiger partial charge in [0.05, 0.1) is 7.11 Å². The van der Waals surface area contributed by atoms with Gasteiger partial charge in [0.25, 0.3) is 0 Å². The lowest BCUT2D eigenvalue weighted by molar-refractivity contribution is -0.144. The van der Waals surface area contributed by atoms with Crippen molar-refractivity contribution in [1.82, 2.24) is 0 Å². The molecule has 2 aromatic rings. The Morgan fingerprint density at radius 3 is 2.22 bits per heavy atom. The van der Waals surface area contributed by atoms with Crippen LogP contribution in [0.3, 0.4) is 0 Å². The van der Waals surface area contributed by atoms with Crippen molar-refractivity contribution in [2.45, 2.75) is 34.6 Å². The maximum absolute atomic E-state index is 12.5. The zero-order valence-electron chi connectivity index (χ0n) is 16.8. The molecular weight excluding hydrogens is 344 g/mol. The fourth-order valence-electron chi connectivity index (χ4n) is 2.80. The molecule has 0 bridgehead atoms. The smallest absolute Gasteiger partial charge is 0.344 e. The number of esters is 1. The van der Waals surface area contributed by atoms with Crippen molar-refractivity contribution in [2.75, 3.05) is 20.3 Å². The van der Waals surface area contributed by atoms with Gasteiger partial charge in [-0.25, -0.2) is 4.79 Å². The molecule has 27 heavy (non-hydrogen) atoms. The second-order valence-electron chi connectivity index (χ2n) is 6.64. The van der Waals surface area contributed by atoms with Gasteiger partial charge < -0.3 is 14.2 Å². The minimum atomic E-state index is -0.607. The van der Waals surface area contributed by atoms with Crippen LogP contribution in [0.1, 0.15) is 38.2 Å². The Morgan fingerprint density at radius 1 is 0.852 bits per heavy atom. The van der Waals surface area contributed by atoms with E-state index in [0.29, 0.717) is 17.1 Å². The molecule has 0 aliphatic heterocycles. The van der Waals surface area contributed by atoms with Crippen LogP contribution in [0.5, 0.6) is 11.5 Å². The number of methoxy groups -OCH3 is 1. The molecule has 0 spiro atoms. The predicted molar refractivity (Wildman–Crippen MR) is 104 cm³/mol. The van der Waals surface area contributed by atoms with Crippen LogP contribution < -0.4 is 9.47 Å². The van der Waals surface area contributed by atoms with E-state index in [1.54, 1.807) is 6.07 Å². The van der Waals surface area contributed by atoms with Gasteiger partial charge in [-0.2, -0.15) is 0 Å². The Balaban J connectivity index is 1.95. The van der Waals surface area contributed by atoms with Gasteiger partial charge in [-0.05, 0) is 80.6 Å². The first-order chi connectivity index (χ1) is 12.7. The second kappa shape index (κ2) is 8.71. The Kier molecular flexibility index (Phi) is 6.61. The lowest BCUT2D eigenvalue weighted by atomic mass is 9.93. The first kappa shape index (κ1) is 20.5. The minimum absolute atomic E-state index is 0.222. The number of Topliss-reactive ketones (excluding diaryl/α,β-unsaturated/α-hetero) is 1. The molecule has 2 rings (SSSR count). The predicted octanol–water partition coefficient (Wildman–Crippen LogP) is 4.04. The second-order valence-corrected chi connectivity index (χ2v) is 6.64. The molecular formula is C22H26O5. The quantitative estimate of drug-likeness (QED) is 0.544. The third-order valence-corrected chi connectivity index (χ3v) is 4.81. The largest absolute Gasteiger partial charge is 0.493 e. The zero-order valence-corrected chi connectivity index (χ0v) is 16.8. The Hall–Kier alpha value is -2.82. The van der Waals surface area contributed by atoms with Gasteiger partial charge in [-0.3, -0.25) is 4.79 Å². The van der Waals surface area contributed by atoms with E-state index in [4.69, 9.17) is 14.2 Å². The molecule has 5 nitrogen and oxygen atoms in total. The molecule has 2 aromatic carbocycles. The normalized spacial score (nSPS) is 10.4. The summed E-state index contributed by atoms with van der Waals surface area (Å²) < 4.78 is 15.8. The van der Waals surface area contributed by atoms with Crippen LogP contribution in [0, 0.1) is 34.6 Å². The van der Waals surface area contributed by atoms with Crippen LogP contribution in [-0.4, -0.2) is 32.1 Å². The SMILES string of the molecule is COc1cc(C)ccc1OCC(=O)OCC(=O)c1cc(C)c(C)c(C)c1C. The van der Waals surface area contributed by atoms with Crippen LogP contribution in [0.15, 0.2) is 24.3 Å². The first-order valence-corrected chi connectivity index (χ1v) is 8.78. The van der Waals surface area contributed by atoms with Crippen molar-refractivity contribution in [1.29, 1.82) is 0 Å². The molecule has 0 saturated carbocycles. The van der Waals surface area contributed by atoms with E-state index in [2.05, 4.69) is 0 Å². The summed E-state index contributed by atoms with van der Waals surface area (Å²) in [5.74, 6) is 0.163. The number of carbonyl (C=O) groups excluding carboxylic acids is 2. The van der Waals surface area contributed by atoms with Gasteiger partial charge in [0.15, 0.2) is 24.7 Å². The number of ether oxygens (including phenoxy) is 3. The van der Waals surface area contributed by atoms with E-state index in [1.165, 1.54) is 12.7 Å². The molecule has 0 fully saturated rings. The number of hydrogen-bond donors (Lipinski definition) is 0. The average Bonchev–Trinajstić information content (AvgIpc) is 2.66. The maximum atomic E-state index is 12.5. The maximum Gasteiger partial charge on any atom is 0.344 e. The van der Waals surface area contributed by atoms with Gasteiger partial charge >= 0.3 is 5.97 Å². The Bertz CT molecular complexity index is 867. The van der Waals surface area contributed by atoms with Crippen molar-refractivity contribution < 1.29 is 23.8 Å². The fourth-order valence-corrected chi connectivity index (χ4v) is 2.80. The highest BCUT2D eigenvalue weighted by Crippen LogP contribution is 2.27. The van der Waals surface area contributed by atoms with E-state index < -0.39 is 5.97 Å². The molecule has 144 valence electrons. The van der Waals surface area contributed by atoms with Crippen molar-refractivity contribution >= 4 is 11.8 Å². The fraction of sp³-hybridized carbons (Fsp3) is 0.364. The van der Waals surface area contributed by atoms with Gasteiger partial charge in [0, 0.05) is 5.56 Å². The highest BCUT2D eigenvalue weighted by molar-refractivity contribution is 5.99. The summed E-state index contributed by atoms with van der Waals surface area (Å²) >= 11 is 0. The number of aryl methyl sites for hydroxylation is 2. The van der Waals surface area contributed by atoms with E-state index in [1.807, 2.05) is 52.8 Å². The zero-order chi connectivity index (χ0) is 20.1. The molecule has 0 unspecified atom stereocenters. The number of ketones is 1. The summed E-state index contributed by atoms with van der Waals surface area (Å²) in [7, 11) is 1.53. The van der Waals surface area contributed by atoms with Crippen LogP contribution in [0.2, 0.25) is 0 Å². The molecule has 0 aliphatic carbocycles. The number of rotatable bonds is 7. The van der Waals surface area contributed by atoms with Gasteiger partial charge in [0.2, 0.25) is 5.78 Å². The third-order valence-electron chi connectivity index (χ3n) is 4.81. The number of benzene rings is 2. The van der Waals surface area contributed by atoms with E-state index in [-0.39, 0.29) is 19.0 Å². The third kappa shape index (κ3) is 4.88. The summed E-state index contributed by atoms with van der Waals surface area (Å²) in [4.78, 5) is 24.4. The summed E-state index contributed by atoms with van der Waals surface area (Å²) in [6.45, 7) is 9.22. The molecule has 0 aromatic heterocycles. The van der Waals surface area contributed by atoms with Gasteiger partial charge in [-0.1, -0.05) is 6.07 Å². The highest BCUT2D eigenvalue weighted by Gasteiger charge is 2.16. The van der Waals surface area contributed by atoms with Crippen LogP contribution in [-0.2, 0) is 9.53 Å². The van der Waals surface area contributed by atoms with Crippen molar-refractivity contribution in [3.05, 3.63) is 57.6 Å². The summed E-state index contributed by atoms with van der Waals surface area (Å²) in [5, 5.41) is 0. The first-order valence-electron chi connectivity index (χ1n) is 8.78. The molecule has 0 aliphatic rings. The number of hydrogen-bond acceptors (Lipinski definition) is 5. The van der Waals surface area contributed by atoms with Crippen molar-refractivity contribution in [3.63, 3.8) is 0 Å². The topological polar surface area (TPSA) is 61.8 Å². The van der Waals surface area contributed by atoms with E-state index >= 15 is 0 Å². The minimum Gasteiger partial charge on any atom is -0.493 e. The Morgan fingerprint density at radius 2 is 1.56 bits per heavy atom. The lowest BCUT2D eigenvalue weighted by Crippen LogP contribution is -2.20. The Labute approximate surface area is 160 Å². The van der Waals surface area contributed by atoms with Crippen molar-refractivity contribution in [2.24, 2.45) is 0 Å². The highest BCUT2D eigenvalue weighted by atomic mass is 16.6. The summed E-state index contributed by atoms with van der Waals surface area (Å²) in [6.07, 6.45) is 0. The van der Waals surface area contributed by atoms with Crippen LogP contribution >= 0.6 is 0 Å². The molecule has 0 heterocycles. The molecule has 0 N–H and O–H groups in total. The molecule has 0 amide bonds. The molecule has 0 radical (unpaired) electrons. The molecule has 5 heteroatoms. The molecule has 0 atom stereocenters. The lowest BCUT2D eigenvalue weighted by Gasteiger charge is -2.14. The van der Waals surface area contributed by atoms with Crippen LogP contribution in [0.4, 0.5) is 0 Å². The van der Waals surface area contributed by atoms with Crippen LogP contribution in [0.25, 0.3) is 0 Å². The van der Waals surface area contributed by atoms with Gasteiger partial charge in [0.1, 0.15) is 0 Å². The number of carbonyl (C=O) groups is 2.